The van der Waals surface area contributed by atoms with Crippen LogP contribution in [0, 0.1) is 18.3 Å². The topological polar surface area (TPSA) is 88.5 Å². The summed E-state index contributed by atoms with van der Waals surface area (Å²) in [6, 6.07) is 14.5. The maximum absolute atomic E-state index is 13.1. The van der Waals surface area contributed by atoms with Gasteiger partial charge in [0.05, 0.1) is 0 Å². The number of ether oxygens (including phenoxy) is 1. The molecule has 0 aliphatic carbocycles. The van der Waals surface area contributed by atoms with Gasteiger partial charge in [-0.3, -0.25) is 9.36 Å². The molecule has 7 nitrogen and oxygen atoms in total. The van der Waals surface area contributed by atoms with E-state index in [9.17, 15) is 14.9 Å². The first-order valence-electron chi connectivity index (χ1n) is 9.81. The first kappa shape index (κ1) is 19.5. The highest BCUT2D eigenvalue weighted by Gasteiger charge is 2.34. The smallest absolute Gasteiger partial charge is 0.344 e. The monoisotopic (exact) mass is 403 g/mol. The lowest BCUT2D eigenvalue weighted by molar-refractivity contribution is -0.140. The summed E-state index contributed by atoms with van der Waals surface area (Å²) >= 11 is 0. The molecule has 1 saturated heterocycles. The average molecular weight is 403 g/mol. The van der Waals surface area contributed by atoms with Crippen LogP contribution in [0.5, 0.6) is 0 Å². The zero-order chi connectivity index (χ0) is 21.1. The third-order valence-electron chi connectivity index (χ3n) is 5.19. The Hall–Kier alpha value is -3.79. The molecule has 1 aliphatic rings. The highest BCUT2D eigenvalue weighted by molar-refractivity contribution is 5.96. The Morgan fingerprint density at radius 2 is 1.77 bits per heavy atom. The van der Waals surface area contributed by atoms with Crippen molar-refractivity contribution >= 4 is 11.9 Å². The molecule has 30 heavy (non-hydrogen) atoms. The number of hydrogen-bond donors (Lipinski definition) is 0. The number of nitriles is 1. The van der Waals surface area contributed by atoms with Gasteiger partial charge in [0.25, 0.3) is 5.91 Å². The number of carbonyl (C=O) groups excluding carboxylic acids is 2. The van der Waals surface area contributed by atoms with E-state index in [0.29, 0.717) is 18.7 Å². The zero-order valence-electron chi connectivity index (χ0n) is 16.6. The fourth-order valence-electron chi connectivity index (χ4n) is 3.69. The lowest BCUT2D eigenvalue weighted by Gasteiger charge is -2.23. The van der Waals surface area contributed by atoms with Crippen molar-refractivity contribution in [3.63, 3.8) is 0 Å². The van der Waals surface area contributed by atoms with Crippen LogP contribution in [0.15, 0.2) is 59.3 Å². The quantitative estimate of drug-likeness (QED) is 0.605. The zero-order valence-corrected chi connectivity index (χ0v) is 16.6. The lowest BCUT2D eigenvalue weighted by atomic mass is 10.1. The largest absolute Gasteiger partial charge is 0.444 e. The number of likely N-dealkylation sites (tertiary alicyclic amines) is 1. The molecule has 3 heterocycles. The van der Waals surface area contributed by atoms with Crippen LogP contribution in [0.25, 0.3) is 5.88 Å². The number of furan rings is 1. The van der Waals surface area contributed by atoms with Crippen LogP contribution < -0.4 is 0 Å². The number of esters is 1. The van der Waals surface area contributed by atoms with Gasteiger partial charge in [-0.25, -0.2) is 4.79 Å². The minimum Gasteiger partial charge on any atom is -0.444 e. The summed E-state index contributed by atoms with van der Waals surface area (Å²) in [7, 11) is 0. The van der Waals surface area contributed by atoms with E-state index in [1.54, 1.807) is 65.2 Å². The first-order valence-corrected chi connectivity index (χ1v) is 9.81. The van der Waals surface area contributed by atoms with Crippen molar-refractivity contribution in [2.45, 2.75) is 25.9 Å². The van der Waals surface area contributed by atoms with Crippen LogP contribution in [0.2, 0.25) is 0 Å². The minimum absolute atomic E-state index is 0.0383. The Kier molecular flexibility index (Phi) is 5.40. The van der Waals surface area contributed by atoms with E-state index in [0.717, 1.165) is 12.8 Å². The van der Waals surface area contributed by atoms with Gasteiger partial charge < -0.3 is 14.1 Å². The Bertz CT molecular complexity index is 1090. The first-order chi connectivity index (χ1) is 14.6. The molecule has 0 spiro atoms. The van der Waals surface area contributed by atoms with Crippen LogP contribution >= 0.6 is 0 Å². The maximum Gasteiger partial charge on any atom is 0.344 e. The number of hydrogen-bond acceptors (Lipinski definition) is 5. The molecule has 1 atom stereocenters. The summed E-state index contributed by atoms with van der Waals surface area (Å²) in [6.07, 6.45) is 4.23. The standard InChI is InChI=1S/C23H21N3O4/c1-16-19(18(15-24)22(29-16)26-13-7-8-14-26)23(28)30-20(17-9-3-2-4-10-17)21(27)25-11-5-6-12-25/h2-4,7-10,13-14,20H,5-6,11-12H2,1H3/t20-/m1/s1. The normalized spacial score (nSPS) is 14.3. The molecule has 3 aromatic rings. The molecule has 1 aliphatic heterocycles. The van der Waals surface area contributed by atoms with Crippen molar-refractivity contribution < 1.29 is 18.7 Å². The predicted molar refractivity (Wildman–Crippen MR) is 108 cm³/mol. The molecule has 7 heteroatoms. The van der Waals surface area contributed by atoms with E-state index in [4.69, 9.17) is 9.15 Å². The number of aryl methyl sites for hydroxylation is 1. The third-order valence-corrected chi connectivity index (χ3v) is 5.19. The maximum atomic E-state index is 13.1. The van der Waals surface area contributed by atoms with Crippen LogP contribution in [0.1, 0.15) is 46.2 Å². The number of rotatable bonds is 5. The average Bonchev–Trinajstić information content (AvgIpc) is 3.52. The second-order valence-corrected chi connectivity index (χ2v) is 7.14. The van der Waals surface area contributed by atoms with Crippen LogP contribution in [-0.2, 0) is 9.53 Å². The van der Waals surface area contributed by atoms with Crippen molar-refractivity contribution in [3.05, 3.63) is 77.3 Å². The number of nitrogens with zero attached hydrogens (tertiary/aromatic N) is 3. The summed E-state index contributed by atoms with van der Waals surface area (Å²) in [5.41, 5.74) is 0.707. The molecule has 4 rings (SSSR count). The van der Waals surface area contributed by atoms with Crippen LogP contribution in [0.4, 0.5) is 0 Å². The molecule has 1 fully saturated rings. The van der Waals surface area contributed by atoms with E-state index >= 15 is 0 Å². The molecule has 0 saturated carbocycles. The summed E-state index contributed by atoms with van der Waals surface area (Å²) < 4.78 is 13.0. The van der Waals surface area contributed by atoms with Gasteiger partial charge >= 0.3 is 5.97 Å². The van der Waals surface area contributed by atoms with Gasteiger partial charge in [0.1, 0.15) is 23.0 Å². The van der Waals surface area contributed by atoms with E-state index in [1.165, 1.54) is 0 Å². The molecule has 1 amide bonds. The summed E-state index contributed by atoms with van der Waals surface area (Å²) in [5, 5.41) is 9.69. The lowest BCUT2D eigenvalue weighted by Crippen LogP contribution is -2.35. The minimum atomic E-state index is -1.08. The highest BCUT2D eigenvalue weighted by Crippen LogP contribution is 2.29. The predicted octanol–water partition coefficient (Wildman–Crippen LogP) is 3.77. The molecular formula is C23H21N3O4. The van der Waals surface area contributed by atoms with E-state index in [2.05, 4.69) is 0 Å². The SMILES string of the molecule is Cc1oc(-n2cccc2)c(C#N)c1C(=O)O[C@@H](C(=O)N1CCCC1)c1ccccc1. The summed E-state index contributed by atoms with van der Waals surface area (Å²) in [4.78, 5) is 27.9. The third kappa shape index (κ3) is 3.60. The molecule has 1 aromatic carbocycles. The van der Waals surface area contributed by atoms with Gasteiger partial charge in [0.15, 0.2) is 0 Å². The molecular weight excluding hydrogens is 382 g/mol. The Morgan fingerprint density at radius 1 is 1.10 bits per heavy atom. The molecule has 152 valence electrons. The molecule has 0 unspecified atom stereocenters. The van der Waals surface area contributed by atoms with E-state index < -0.39 is 12.1 Å². The molecule has 0 N–H and O–H groups in total. The summed E-state index contributed by atoms with van der Waals surface area (Å²) in [5.74, 6) is -0.500. The van der Waals surface area contributed by atoms with Crippen molar-refractivity contribution in [1.29, 1.82) is 5.26 Å². The van der Waals surface area contributed by atoms with Crippen molar-refractivity contribution in [3.8, 4) is 12.0 Å². The second-order valence-electron chi connectivity index (χ2n) is 7.14. The van der Waals surface area contributed by atoms with Crippen LogP contribution in [-0.4, -0.2) is 34.4 Å². The van der Waals surface area contributed by atoms with Gasteiger partial charge in [-0.2, -0.15) is 5.26 Å². The van der Waals surface area contributed by atoms with Gasteiger partial charge in [-0.05, 0) is 31.9 Å². The van der Waals surface area contributed by atoms with Crippen molar-refractivity contribution in [2.75, 3.05) is 13.1 Å². The molecule has 2 aromatic heterocycles. The number of aromatic nitrogens is 1. The number of benzene rings is 1. The number of carbonyl (C=O) groups is 2. The van der Waals surface area contributed by atoms with Crippen molar-refractivity contribution in [2.24, 2.45) is 0 Å². The number of amides is 1. The van der Waals surface area contributed by atoms with Gasteiger partial charge in [0.2, 0.25) is 12.0 Å². The Labute approximate surface area is 174 Å². The fraction of sp³-hybridized carbons (Fsp3) is 0.261. The molecule has 0 radical (unpaired) electrons. The fourth-order valence-corrected chi connectivity index (χ4v) is 3.69. The van der Waals surface area contributed by atoms with E-state index in [1.807, 2.05) is 12.1 Å². The second kappa shape index (κ2) is 8.29. The van der Waals surface area contributed by atoms with E-state index in [-0.39, 0.29) is 28.7 Å². The van der Waals surface area contributed by atoms with Gasteiger partial charge in [0, 0.05) is 31.0 Å². The summed E-state index contributed by atoms with van der Waals surface area (Å²) in [6.45, 7) is 2.89. The van der Waals surface area contributed by atoms with Gasteiger partial charge in [-0.15, -0.1) is 0 Å². The Balaban J connectivity index is 1.68. The van der Waals surface area contributed by atoms with Gasteiger partial charge in [-0.1, -0.05) is 30.3 Å². The molecule has 0 bridgehead atoms. The highest BCUT2D eigenvalue weighted by atomic mass is 16.5. The van der Waals surface area contributed by atoms with Crippen LogP contribution in [0.3, 0.4) is 0 Å². The Morgan fingerprint density at radius 3 is 2.40 bits per heavy atom. The van der Waals surface area contributed by atoms with Crippen molar-refractivity contribution in [1.82, 2.24) is 9.47 Å².